The Hall–Kier alpha value is -0.450. The van der Waals surface area contributed by atoms with Gasteiger partial charge >= 0.3 is 0 Å². The number of thiazole rings is 1. The molecule has 0 aliphatic carbocycles. The molecule has 1 aliphatic rings. The second-order valence-electron chi connectivity index (χ2n) is 4.09. The molecule has 3 nitrogen and oxygen atoms in total. The van der Waals surface area contributed by atoms with E-state index < -0.39 is 0 Å². The van der Waals surface area contributed by atoms with Crippen molar-refractivity contribution in [2.45, 2.75) is 38.8 Å². The van der Waals surface area contributed by atoms with Crippen molar-refractivity contribution in [1.29, 1.82) is 0 Å². The van der Waals surface area contributed by atoms with Gasteiger partial charge in [0.15, 0.2) is 0 Å². The summed E-state index contributed by atoms with van der Waals surface area (Å²) in [6, 6.07) is 0.580. The van der Waals surface area contributed by atoms with Gasteiger partial charge in [0.25, 0.3) is 0 Å². The van der Waals surface area contributed by atoms with Gasteiger partial charge in [0.05, 0.1) is 10.7 Å². The maximum absolute atomic E-state index is 5.75. The molecule has 1 saturated heterocycles. The molecule has 15 heavy (non-hydrogen) atoms. The molecule has 2 N–H and O–H groups in total. The van der Waals surface area contributed by atoms with Gasteiger partial charge in [0.2, 0.25) is 0 Å². The number of nitrogens with zero attached hydrogens (tertiary/aromatic N) is 2. The second kappa shape index (κ2) is 5.05. The number of hydrogen-bond acceptors (Lipinski definition) is 4. The molecule has 0 saturated carbocycles. The number of likely N-dealkylation sites (tertiary alicyclic amines) is 1. The smallest absolute Gasteiger partial charge is 0.0926 e. The van der Waals surface area contributed by atoms with Crippen LogP contribution in [0.2, 0.25) is 0 Å². The Kier molecular flexibility index (Phi) is 3.72. The summed E-state index contributed by atoms with van der Waals surface area (Å²) in [5.41, 5.74) is 6.97. The molecule has 0 radical (unpaired) electrons. The first-order chi connectivity index (χ1) is 7.33. The average Bonchev–Trinajstić information content (AvgIpc) is 2.87. The number of aryl methyl sites for hydroxylation is 1. The molecule has 0 aromatic carbocycles. The van der Waals surface area contributed by atoms with Crippen LogP contribution in [0.4, 0.5) is 0 Å². The maximum atomic E-state index is 5.75. The van der Waals surface area contributed by atoms with Gasteiger partial charge in [-0.2, -0.15) is 0 Å². The SMILES string of the molecule is CCc1nc(CN2CCCC2CN)cs1. The first kappa shape index (κ1) is 11.0. The maximum Gasteiger partial charge on any atom is 0.0926 e. The minimum Gasteiger partial charge on any atom is -0.329 e. The van der Waals surface area contributed by atoms with Crippen molar-refractivity contribution in [2.24, 2.45) is 5.73 Å². The van der Waals surface area contributed by atoms with Gasteiger partial charge in [-0.05, 0) is 25.8 Å². The molecule has 0 spiro atoms. The van der Waals surface area contributed by atoms with E-state index in [-0.39, 0.29) is 0 Å². The molecule has 1 aromatic rings. The first-order valence-corrected chi connectivity index (χ1v) is 6.58. The highest BCUT2D eigenvalue weighted by atomic mass is 32.1. The third-order valence-electron chi connectivity index (χ3n) is 3.04. The van der Waals surface area contributed by atoms with Crippen LogP contribution in [0.15, 0.2) is 5.38 Å². The molecule has 0 amide bonds. The Labute approximate surface area is 95.3 Å². The van der Waals surface area contributed by atoms with E-state index in [0.29, 0.717) is 6.04 Å². The predicted molar refractivity (Wildman–Crippen MR) is 64.0 cm³/mol. The summed E-state index contributed by atoms with van der Waals surface area (Å²) in [5.74, 6) is 0. The molecule has 84 valence electrons. The van der Waals surface area contributed by atoms with Gasteiger partial charge in [0, 0.05) is 24.5 Å². The zero-order chi connectivity index (χ0) is 10.7. The van der Waals surface area contributed by atoms with Crippen LogP contribution in [0.1, 0.15) is 30.5 Å². The lowest BCUT2D eigenvalue weighted by Gasteiger charge is -2.21. The van der Waals surface area contributed by atoms with Crippen molar-refractivity contribution in [3.8, 4) is 0 Å². The van der Waals surface area contributed by atoms with E-state index in [0.717, 1.165) is 19.5 Å². The topological polar surface area (TPSA) is 42.2 Å². The number of hydrogen-bond donors (Lipinski definition) is 1. The molecular formula is C11H19N3S. The lowest BCUT2D eigenvalue weighted by atomic mass is 10.2. The molecule has 0 bridgehead atoms. The van der Waals surface area contributed by atoms with E-state index in [1.807, 2.05) is 0 Å². The zero-order valence-corrected chi connectivity index (χ0v) is 10.1. The Bertz CT molecular complexity index is 311. The van der Waals surface area contributed by atoms with Crippen molar-refractivity contribution in [3.63, 3.8) is 0 Å². The van der Waals surface area contributed by atoms with E-state index >= 15 is 0 Å². The molecule has 2 heterocycles. The predicted octanol–water partition coefficient (Wildman–Crippen LogP) is 1.63. The molecule has 1 atom stereocenters. The van der Waals surface area contributed by atoms with Crippen molar-refractivity contribution in [2.75, 3.05) is 13.1 Å². The lowest BCUT2D eigenvalue weighted by Crippen LogP contribution is -2.34. The Morgan fingerprint density at radius 3 is 3.20 bits per heavy atom. The molecule has 2 rings (SSSR count). The molecule has 1 fully saturated rings. The van der Waals surface area contributed by atoms with Gasteiger partial charge in [-0.15, -0.1) is 11.3 Å². The van der Waals surface area contributed by atoms with E-state index in [1.165, 1.54) is 30.1 Å². The van der Waals surface area contributed by atoms with Gasteiger partial charge in [0.1, 0.15) is 0 Å². The Morgan fingerprint density at radius 2 is 2.53 bits per heavy atom. The van der Waals surface area contributed by atoms with Crippen molar-refractivity contribution in [3.05, 3.63) is 16.1 Å². The van der Waals surface area contributed by atoms with Gasteiger partial charge in [-0.1, -0.05) is 6.92 Å². The highest BCUT2D eigenvalue weighted by Gasteiger charge is 2.23. The van der Waals surface area contributed by atoms with Crippen LogP contribution in [0.5, 0.6) is 0 Å². The van der Waals surface area contributed by atoms with E-state index in [2.05, 4.69) is 22.2 Å². The zero-order valence-electron chi connectivity index (χ0n) is 9.28. The van der Waals surface area contributed by atoms with E-state index in [9.17, 15) is 0 Å². The summed E-state index contributed by atoms with van der Waals surface area (Å²) in [6.07, 6.45) is 3.58. The summed E-state index contributed by atoms with van der Waals surface area (Å²) >= 11 is 1.77. The van der Waals surface area contributed by atoms with E-state index in [4.69, 9.17) is 5.73 Å². The molecule has 1 aromatic heterocycles. The van der Waals surface area contributed by atoms with Gasteiger partial charge in [-0.3, -0.25) is 4.90 Å². The average molecular weight is 225 g/mol. The third kappa shape index (κ3) is 2.56. The van der Waals surface area contributed by atoms with Gasteiger partial charge < -0.3 is 5.73 Å². The second-order valence-corrected chi connectivity index (χ2v) is 5.03. The van der Waals surface area contributed by atoms with Crippen LogP contribution >= 0.6 is 11.3 Å². The Morgan fingerprint density at radius 1 is 1.67 bits per heavy atom. The molecule has 1 unspecified atom stereocenters. The summed E-state index contributed by atoms with van der Waals surface area (Å²) in [7, 11) is 0. The molecular weight excluding hydrogens is 206 g/mol. The largest absolute Gasteiger partial charge is 0.329 e. The van der Waals surface area contributed by atoms with Crippen LogP contribution in [-0.2, 0) is 13.0 Å². The van der Waals surface area contributed by atoms with E-state index in [1.54, 1.807) is 11.3 Å². The standard InChI is InChI=1S/C11H19N3S/c1-2-11-13-9(8-15-11)7-14-5-3-4-10(14)6-12/h8,10H,2-7,12H2,1H3. The van der Waals surface area contributed by atoms with Crippen LogP contribution in [0, 0.1) is 0 Å². The monoisotopic (exact) mass is 225 g/mol. The minimum absolute atomic E-state index is 0.580. The first-order valence-electron chi connectivity index (χ1n) is 5.71. The normalized spacial score (nSPS) is 22.4. The van der Waals surface area contributed by atoms with Crippen LogP contribution in [0.25, 0.3) is 0 Å². The van der Waals surface area contributed by atoms with Crippen molar-refractivity contribution < 1.29 is 0 Å². The number of aromatic nitrogens is 1. The number of nitrogens with two attached hydrogens (primary N) is 1. The Balaban J connectivity index is 1.95. The van der Waals surface area contributed by atoms with Crippen LogP contribution < -0.4 is 5.73 Å². The summed E-state index contributed by atoms with van der Waals surface area (Å²) < 4.78 is 0. The summed E-state index contributed by atoms with van der Waals surface area (Å²) in [5, 5.41) is 3.43. The van der Waals surface area contributed by atoms with Crippen LogP contribution in [-0.4, -0.2) is 29.0 Å². The lowest BCUT2D eigenvalue weighted by molar-refractivity contribution is 0.247. The summed E-state index contributed by atoms with van der Waals surface area (Å²) in [4.78, 5) is 7.06. The summed E-state index contributed by atoms with van der Waals surface area (Å²) in [6.45, 7) is 5.10. The van der Waals surface area contributed by atoms with Crippen molar-refractivity contribution in [1.82, 2.24) is 9.88 Å². The fourth-order valence-electron chi connectivity index (χ4n) is 2.16. The molecule has 4 heteroatoms. The minimum atomic E-state index is 0.580. The highest BCUT2D eigenvalue weighted by Crippen LogP contribution is 2.20. The third-order valence-corrected chi connectivity index (χ3v) is 4.08. The molecule has 1 aliphatic heterocycles. The quantitative estimate of drug-likeness (QED) is 0.847. The highest BCUT2D eigenvalue weighted by molar-refractivity contribution is 7.09. The number of rotatable bonds is 4. The fourth-order valence-corrected chi connectivity index (χ4v) is 2.90. The fraction of sp³-hybridized carbons (Fsp3) is 0.727. The van der Waals surface area contributed by atoms with Crippen molar-refractivity contribution >= 4 is 11.3 Å². The van der Waals surface area contributed by atoms with Crippen LogP contribution in [0.3, 0.4) is 0 Å². The van der Waals surface area contributed by atoms with Gasteiger partial charge in [-0.25, -0.2) is 4.98 Å².